The van der Waals surface area contributed by atoms with Crippen LogP contribution in [0.4, 0.5) is 34.1 Å². The summed E-state index contributed by atoms with van der Waals surface area (Å²) in [7, 11) is 0. The predicted octanol–water partition coefficient (Wildman–Crippen LogP) is 29.2. The first-order valence-electron chi connectivity index (χ1n) is 53.8. The number of rotatable bonds is 13. The Morgan fingerprint density at radius 3 is 1.38 bits per heavy atom. The highest BCUT2D eigenvalue weighted by molar-refractivity contribution is 6.11. The van der Waals surface area contributed by atoms with Crippen LogP contribution < -0.4 is 9.80 Å². The molecule has 0 unspecified atom stereocenters. The Labute approximate surface area is 674 Å². The van der Waals surface area contributed by atoms with Gasteiger partial charge in [0.15, 0.2) is 0 Å². The standard InChI is InChI=1S/C52H35NO.C50H33NO/c1-2-9-36(10-3-1)39-23-29-45(30-24-39)53(47-33-27-42(28-34-47)48-14-8-15-50-49-13-6-7-16-51(49)54-52(48)50)46-31-25-40(26-32-46)38-17-19-41(20-18-38)44-22-21-37-11-4-5-12-43(37)35-44;1-2-11-40-33-41(24-23-34(40)9-1)37-21-19-35(20-22-37)36-25-29-42(30-26-36)51(48-17-7-12-38-10-3-4-13-44(38)48)43-31-27-39(28-32-43)45-15-8-16-47-46-14-5-6-18-49(46)52-50(45)47/h1-35H;1-33H/i1D,2D,3D,4D,5D,6D,7D,8D,9D,10D,11D,12D,13D,14D,15D,16D,17D,18D,19D,20D,21D,22D,23D,24D,25D,26D,27D,28D,29D,30D,31D,32D,33D,34D,35D;3D,4D,7D,10D,12D,13D,17D. The highest BCUT2D eigenvalue weighted by Gasteiger charge is 2.20. The van der Waals surface area contributed by atoms with E-state index in [2.05, 4.69) is 54.6 Å². The summed E-state index contributed by atoms with van der Waals surface area (Å²) in [4.78, 5) is 1.99. The molecule has 498 valence electrons. The molecule has 20 aromatic rings. The van der Waals surface area contributed by atoms with E-state index in [9.17, 15) is 20.6 Å². The van der Waals surface area contributed by atoms with Crippen molar-refractivity contribution in [3.05, 3.63) is 412 Å². The highest BCUT2D eigenvalue weighted by Crippen LogP contribution is 2.45. The predicted molar refractivity (Wildman–Crippen MR) is 447 cm³/mol. The molecule has 0 N–H and O–H groups in total. The molecule has 106 heavy (non-hydrogen) atoms. The second-order valence-electron chi connectivity index (χ2n) is 23.8. The summed E-state index contributed by atoms with van der Waals surface area (Å²) in [6.07, 6.45) is 0. The number of hydrogen-bond donors (Lipinski definition) is 0. The number of para-hydroxylation sites is 4. The summed E-state index contributed by atoms with van der Waals surface area (Å²) >= 11 is 0. The van der Waals surface area contributed by atoms with E-state index in [-0.39, 0.29) is 33.4 Å². The van der Waals surface area contributed by atoms with Crippen LogP contribution in [-0.4, -0.2) is 0 Å². The molecule has 2 aromatic heterocycles. The molecule has 4 nitrogen and oxygen atoms in total. The first kappa shape index (κ1) is 32.9. The summed E-state index contributed by atoms with van der Waals surface area (Å²) in [5.41, 5.74) is -3.44. The van der Waals surface area contributed by atoms with Crippen LogP contribution >= 0.6 is 0 Å². The van der Waals surface area contributed by atoms with Gasteiger partial charge in [0.2, 0.25) is 0 Å². The minimum atomic E-state index is -1.37. The number of hydrogen-bond acceptors (Lipinski definition) is 4. The van der Waals surface area contributed by atoms with Crippen LogP contribution in [-0.2, 0) is 0 Å². The van der Waals surface area contributed by atoms with Crippen LogP contribution in [0, 0.1) is 0 Å². The summed E-state index contributed by atoms with van der Waals surface area (Å²) in [5, 5.41) is 2.13. The molecule has 0 spiro atoms. The fraction of sp³-hybridized carbons (Fsp3) is 0. The van der Waals surface area contributed by atoms with Crippen molar-refractivity contribution in [2.24, 2.45) is 0 Å². The quantitative estimate of drug-likeness (QED) is 0.115. The van der Waals surface area contributed by atoms with Gasteiger partial charge in [-0.2, -0.15) is 0 Å². The second-order valence-corrected chi connectivity index (χ2v) is 23.8. The Morgan fingerprint density at radius 2 is 0.679 bits per heavy atom. The highest BCUT2D eigenvalue weighted by atomic mass is 16.3. The van der Waals surface area contributed by atoms with E-state index in [1.165, 1.54) is 10.8 Å². The lowest BCUT2D eigenvalue weighted by molar-refractivity contribution is 0.669. The number of anilines is 6. The molecular weight excluding hydrogens is 1290 g/mol. The molecule has 0 bridgehead atoms. The van der Waals surface area contributed by atoms with Gasteiger partial charge in [-0.15, -0.1) is 0 Å². The average molecular weight is 1400 g/mol. The van der Waals surface area contributed by atoms with Crippen LogP contribution in [0.2, 0.25) is 0 Å². The van der Waals surface area contributed by atoms with Crippen molar-refractivity contribution in [2.45, 2.75) is 0 Å². The topological polar surface area (TPSA) is 32.8 Å². The maximum absolute atomic E-state index is 9.63. The van der Waals surface area contributed by atoms with Gasteiger partial charge < -0.3 is 18.6 Å². The van der Waals surface area contributed by atoms with Crippen molar-refractivity contribution >= 4 is 110 Å². The van der Waals surface area contributed by atoms with Crippen LogP contribution in [0.5, 0.6) is 0 Å². The van der Waals surface area contributed by atoms with Crippen molar-refractivity contribution in [1.29, 1.82) is 0 Å². The molecule has 0 aliphatic rings. The van der Waals surface area contributed by atoms with Crippen LogP contribution in [0.1, 0.15) is 57.6 Å². The monoisotopic (exact) mass is 1390 g/mol. The van der Waals surface area contributed by atoms with Gasteiger partial charge in [-0.25, -0.2) is 0 Å². The lowest BCUT2D eigenvalue weighted by Crippen LogP contribution is -2.10. The van der Waals surface area contributed by atoms with Gasteiger partial charge in [0.25, 0.3) is 0 Å². The zero-order valence-electron chi connectivity index (χ0n) is 96.7. The van der Waals surface area contributed by atoms with E-state index in [4.69, 9.17) is 45.8 Å². The first-order chi connectivity index (χ1) is 70.0. The fourth-order valence-corrected chi connectivity index (χ4v) is 12.5. The third-order valence-electron chi connectivity index (χ3n) is 17.6. The Hall–Kier alpha value is -14.1. The lowest BCUT2D eigenvalue weighted by atomic mass is 9.98. The van der Waals surface area contributed by atoms with E-state index in [0.29, 0.717) is 11.4 Å². The maximum atomic E-state index is 9.63. The molecule has 20 rings (SSSR count). The molecule has 0 saturated carbocycles. The fourth-order valence-electron chi connectivity index (χ4n) is 12.5. The van der Waals surface area contributed by atoms with Crippen molar-refractivity contribution in [3.8, 4) is 77.9 Å². The minimum absolute atomic E-state index is 0.00600. The minimum Gasteiger partial charge on any atom is -0.455 e. The Kier molecular flexibility index (Phi) is 8.50. The second kappa shape index (κ2) is 27.4. The van der Waals surface area contributed by atoms with Gasteiger partial charge in [-0.1, -0.05) is 321 Å². The maximum Gasteiger partial charge on any atom is 0.143 e. The van der Waals surface area contributed by atoms with Gasteiger partial charge in [-0.3, -0.25) is 0 Å². The molecule has 0 aliphatic heterocycles. The third-order valence-corrected chi connectivity index (χ3v) is 17.6. The van der Waals surface area contributed by atoms with E-state index in [0.717, 1.165) is 55.3 Å². The number of fused-ring (bicyclic) bond motifs is 9. The smallest absolute Gasteiger partial charge is 0.143 e. The molecular formula is C102H68N2O2. The number of furan rings is 2. The molecule has 4 heteroatoms. The van der Waals surface area contributed by atoms with Crippen molar-refractivity contribution in [3.63, 3.8) is 0 Å². The van der Waals surface area contributed by atoms with E-state index >= 15 is 0 Å². The lowest BCUT2D eigenvalue weighted by Gasteiger charge is -2.27. The van der Waals surface area contributed by atoms with Crippen LogP contribution in [0.25, 0.3) is 154 Å². The summed E-state index contributed by atoms with van der Waals surface area (Å²) in [6.45, 7) is 0. The summed E-state index contributed by atoms with van der Waals surface area (Å²) in [6, 6.07) is 12.5. The molecule has 0 saturated heterocycles. The Balaban J connectivity index is 0.000000201. The van der Waals surface area contributed by atoms with Crippen LogP contribution in [0.3, 0.4) is 0 Å². The van der Waals surface area contributed by atoms with Crippen LogP contribution in [0.15, 0.2) is 420 Å². The van der Waals surface area contributed by atoms with E-state index in [1.54, 1.807) is 4.90 Å². The van der Waals surface area contributed by atoms with Gasteiger partial charge >= 0.3 is 0 Å². The Bertz CT molecular complexity index is 9160. The number of nitrogens with zero attached hydrogens (tertiary/aromatic N) is 2. The molecule has 0 atom stereocenters. The molecule has 2 heterocycles. The summed E-state index contributed by atoms with van der Waals surface area (Å²) < 4.78 is 387. The molecule has 0 radical (unpaired) electrons. The normalized spacial score (nSPS) is 16.9. The first-order valence-corrected chi connectivity index (χ1v) is 32.8. The van der Waals surface area contributed by atoms with E-state index in [1.807, 2.05) is 103 Å². The van der Waals surface area contributed by atoms with Crippen molar-refractivity contribution in [1.82, 2.24) is 0 Å². The third kappa shape index (κ3) is 12.1. The van der Waals surface area contributed by atoms with Gasteiger partial charge in [0.05, 0.1) is 63.3 Å². The van der Waals surface area contributed by atoms with Gasteiger partial charge in [-0.05, 0) is 184 Å². The van der Waals surface area contributed by atoms with Crippen molar-refractivity contribution < 1.29 is 66.4 Å². The van der Waals surface area contributed by atoms with Gasteiger partial charge in [0, 0.05) is 66.5 Å². The molecule has 0 aliphatic carbocycles. The number of benzene rings is 18. The zero-order chi connectivity index (χ0) is 107. The largest absolute Gasteiger partial charge is 0.455 e. The Morgan fingerprint density at radius 1 is 0.208 bits per heavy atom. The average Bonchev–Trinajstić information content (AvgIpc) is 0.786. The van der Waals surface area contributed by atoms with E-state index < -0.39 is 336 Å². The van der Waals surface area contributed by atoms with Gasteiger partial charge in [0.1, 0.15) is 22.3 Å². The molecule has 18 aromatic carbocycles. The molecule has 0 fully saturated rings. The van der Waals surface area contributed by atoms with Crippen molar-refractivity contribution in [2.75, 3.05) is 9.80 Å². The SMILES string of the molecule is [2H]c1c([2H])c([2H])c(-c2c([2H])c([2H])c(N(c3c([2H])c([2H])c(-c4c([2H])c([2H])c(-c5c([2H])c([2H])c6c([2H])c([2H])c([2H])c([2H])c6c5[2H])c([2H])c4[2H])c([2H])c3[2H])c3c([2H])c([2H])c(-c4c([2H])c([2H])c([2H])c5c4oc4c([2H])c([2H])c([2H])c([2H])c45)c([2H])c3[2H])c([2H])c2[2H])c([2H])c1[2H].[2H]c1c([2H])c([2H])c2c(N(c3ccc(-c4ccc(-c5ccc6ccccc6c5)cc4)cc3)c3ccc(-c4cccc5c4oc4ccccc45)cc3)c([2H])c([2H])c([2H])c2c1[2H]. The summed E-state index contributed by atoms with van der Waals surface area (Å²) in [5.74, 6) is 0. The molecule has 0 amide bonds. The zero-order valence-corrected chi connectivity index (χ0v) is 54.7.